The molecule has 0 spiro atoms. The molecular formula is C12H13N3O3. The summed E-state index contributed by atoms with van der Waals surface area (Å²) in [5.41, 5.74) is 1.45. The third kappa shape index (κ3) is 1.95. The van der Waals surface area contributed by atoms with Gasteiger partial charge in [0.15, 0.2) is 0 Å². The molecule has 1 fully saturated rings. The van der Waals surface area contributed by atoms with Gasteiger partial charge in [-0.3, -0.25) is 0 Å². The summed E-state index contributed by atoms with van der Waals surface area (Å²) in [4.78, 5) is 22.4. The number of aromatic nitrogens is 3. The normalized spacial score (nSPS) is 17.1. The van der Waals surface area contributed by atoms with E-state index in [-0.39, 0.29) is 5.69 Å². The fourth-order valence-electron chi connectivity index (χ4n) is 2.20. The smallest absolute Gasteiger partial charge is 0.352 e. The van der Waals surface area contributed by atoms with Crippen molar-refractivity contribution in [3.05, 3.63) is 23.8 Å². The number of aromatic amines is 1. The molecule has 1 saturated heterocycles. The molecule has 18 heavy (non-hydrogen) atoms. The summed E-state index contributed by atoms with van der Waals surface area (Å²) >= 11 is 0. The van der Waals surface area contributed by atoms with Crippen molar-refractivity contribution in [3.63, 3.8) is 0 Å². The lowest BCUT2D eigenvalue weighted by Gasteiger charge is -2.20. The van der Waals surface area contributed by atoms with E-state index < -0.39 is 5.97 Å². The molecule has 2 aromatic heterocycles. The zero-order chi connectivity index (χ0) is 12.5. The number of hydrogen-bond acceptors (Lipinski definition) is 4. The number of ether oxygens (including phenoxy) is 1. The minimum absolute atomic E-state index is 0.142. The number of nitrogens with zero attached hydrogens (tertiary/aromatic N) is 2. The first-order chi connectivity index (χ1) is 8.74. The Labute approximate surface area is 103 Å². The number of carbonyl (C=O) groups is 1. The van der Waals surface area contributed by atoms with Crippen LogP contribution in [0.2, 0.25) is 0 Å². The molecule has 0 aliphatic carbocycles. The van der Waals surface area contributed by atoms with E-state index in [2.05, 4.69) is 15.0 Å². The second-order valence-electron chi connectivity index (χ2n) is 4.40. The second kappa shape index (κ2) is 4.38. The molecule has 0 atom stereocenters. The van der Waals surface area contributed by atoms with Crippen molar-refractivity contribution in [3.8, 4) is 0 Å². The van der Waals surface area contributed by atoms with Crippen LogP contribution in [0.25, 0.3) is 11.0 Å². The van der Waals surface area contributed by atoms with Gasteiger partial charge >= 0.3 is 5.97 Å². The van der Waals surface area contributed by atoms with Crippen LogP contribution in [-0.4, -0.2) is 39.2 Å². The molecule has 2 aromatic rings. The van der Waals surface area contributed by atoms with E-state index in [0.29, 0.717) is 17.0 Å². The first-order valence-electron chi connectivity index (χ1n) is 5.91. The lowest BCUT2D eigenvalue weighted by molar-refractivity contribution is 0.0691. The predicted molar refractivity (Wildman–Crippen MR) is 63.6 cm³/mol. The van der Waals surface area contributed by atoms with Gasteiger partial charge in [0, 0.05) is 19.1 Å². The Bertz CT molecular complexity index is 587. The maximum absolute atomic E-state index is 10.9. The fraction of sp³-hybridized carbons (Fsp3) is 0.417. The van der Waals surface area contributed by atoms with Gasteiger partial charge in [-0.05, 0) is 18.9 Å². The minimum atomic E-state index is -0.986. The van der Waals surface area contributed by atoms with E-state index in [9.17, 15) is 4.79 Å². The number of nitrogens with one attached hydrogen (secondary N) is 1. The molecule has 0 bridgehead atoms. The molecule has 6 nitrogen and oxygen atoms in total. The molecule has 0 aromatic carbocycles. The molecule has 0 radical (unpaired) electrons. The first kappa shape index (κ1) is 11.2. The summed E-state index contributed by atoms with van der Waals surface area (Å²) in [6.45, 7) is 1.47. The summed E-state index contributed by atoms with van der Waals surface area (Å²) in [5, 5.41) is 8.91. The number of hydrogen-bond donors (Lipinski definition) is 2. The molecule has 0 unspecified atom stereocenters. The number of H-pyrrole nitrogens is 1. The van der Waals surface area contributed by atoms with Crippen LogP contribution in [0.15, 0.2) is 12.3 Å². The fourth-order valence-corrected chi connectivity index (χ4v) is 2.20. The Balaban J connectivity index is 1.96. The lowest BCUT2D eigenvalue weighted by atomic mass is 9.99. The Kier molecular flexibility index (Phi) is 2.71. The van der Waals surface area contributed by atoms with Gasteiger partial charge in [0.1, 0.15) is 11.5 Å². The molecule has 3 heterocycles. The van der Waals surface area contributed by atoms with Crippen molar-refractivity contribution in [2.75, 3.05) is 13.2 Å². The van der Waals surface area contributed by atoms with Crippen LogP contribution < -0.4 is 0 Å². The minimum Gasteiger partial charge on any atom is -0.477 e. The van der Waals surface area contributed by atoms with E-state index in [1.165, 1.54) is 0 Å². The highest BCUT2D eigenvalue weighted by molar-refractivity contribution is 5.92. The average molecular weight is 247 g/mol. The summed E-state index contributed by atoms with van der Waals surface area (Å²) in [5.74, 6) is 0.105. The maximum Gasteiger partial charge on any atom is 0.352 e. The third-order valence-corrected chi connectivity index (χ3v) is 3.20. The van der Waals surface area contributed by atoms with Gasteiger partial charge in [-0.2, -0.15) is 0 Å². The summed E-state index contributed by atoms with van der Waals surface area (Å²) in [6.07, 6.45) is 3.49. The van der Waals surface area contributed by atoms with Crippen molar-refractivity contribution in [2.24, 2.45) is 0 Å². The monoisotopic (exact) mass is 247 g/mol. The van der Waals surface area contributed by atoms with Crippen LogP contribution in [0.5, 0.6) is 0 Å². The number of fused-ring (bicyclic) bond motifs is 1. The van der Waals surface area contributed by atoms with E-state index in [4.69, 9.17) is 9.84 Å². The first-order valence-corrected chi connectivity index (χ1v) is 5.91. The van der Waals surface area contributed by atoms with E-state index in [1.807, 2.05) is 0 Å². The molecule has 0 amide bonds. The van der Waals surface area contributed by atoms with Crippen LogP contribution in [0, 0.1) is 0 Å². The molecule has 3 rings (SSSR count). The molecule has 6 heteroatoms. The largest absolute Gasteiger partial charge is 0.477 e. The van der Waals surface area contributed by atoms with Crippen molar-refractivity contribution >= 4 is 17.0 Å². The van der Waals surface area contributed by atoms with Gasteiger partial charge in [-0.15, -0.1) is 0 Å². The van der Waals surface area contributed by atoms with Crippen molar-refractivity contribution in [1.82, 2.24) is 15.0 Å². The summed E-state index contributed by atoms with van der Waals surface area (Å²) < 4.78 is 5.30. The van der Waals surface area contributed by atoms with E-state index in [0.717, 1.165) is 31.9 Å². The van der Waals surface area contributed by atoms with Crippen molar-refractivity contribution < 1.29 is 14.6 Å². The molecule has 1 aliphatic heterocycles. The lowest BCUT2D eigenvalue weighted by Crippen LogP contribution is -2.16. The van der Waals surface area contributed by atoms with Gasteiger partial charge in [-0.25, -0.2) is 14.8 Å². The Hall–Kier alpha value is -1.95. The number of carboxylic acids is 1. The Morgan fingerprint density at radius 3 is 2.94 bits per heavy atom. The predicted octanol–water partition coefficient (Wildman–Crippen LogP) is 1.55. The SMILES string of the molecule is O=C(O)c1cc2nc(C3CCOCC3)ncc2[nH]1. The van der Waals surface area contributed by atoms with Gasteiger partial charge in [0.2, 0.25) is 0 Å². The summed E-state index contributed by atoms with van der Waals surface area (Å²) in [6, 6.07) is 1.54. The standard InChI is InChI=1S/C12H13N3O3/c16-12(17)9-5-8-10(14-9)6-13-11(15-8)7-1-3-18-4-2-7/h5-7,14H,1-4H2,(H,16,17). The van der Waals surface area contributed by atoms with Crippen LogP contribution in [0.4, 0.5) is 0 Å². The topological polar surface area (TPSA) is 88.1 Å². The van der Waals surface area contributed by atoms with Crippen LogP contribution >= 0.6 is 0 Å². The molecule has 1 aliphatic rings. The maximum atomic E-state index is 10.9. The average Bonchev–Trinajstić information content (AvgIpc) is 2.82. The second-order valence-corrected chi connectivity index (χ2v) is 4.40. The highest BCUT2D eigenvalue weighted by Gasteiger charge is 2.19. The van der Waals surface area contributed by atoms with Gasteiger partial charge in [0.05, 0.1) is 17.2 Å². The number of rotatable bonds is 2. The molecule has 94 valence electrons. The Morgan fingerprint density at radius 2 is 2.22 bits per heavy atom. The van der Waals surface area contributed by atoms with Crippen molar-refractivity contribution in [1.29, 1.82) is 0 Å². The Morgan fingerprint density at radius 1 is 1.44 bits per heavy atom. The molecule has 2 N–H and O–H groups in total. The number of carboxylic acid groups (broad SMARTS) is 1. The molecular weight excluding hydrogens is 234 g/mol. The van der Waals surface area contributed by atoms with Crippen LogP contribution in [0.3, 0.4) is 0 Å². The third-order valence-electron chi connectivity index (χ3n) is 3.20. The highest BCUT2D eigenvalue weighted by Crippen LogP contribution is 2.25. The zero-order valence-electron chi connectivity index (χ0n) is 9.72. The summed E-state index contributed by atoms with van der Waals surface area (Å²) in [7, 11) is 0. The van der Waals surface area contributed by atoms with Crippen molar-refractivity contribution in [2.45, 2.75) is 18.8 Å². The molecule has 0 saturated carbocycles. The van der Waals surface area contributed by atoms with Gasteiger partial charge < -0.3 is 14.8 Å². The highest BCUT2D eigenvalue weighted by atomic mass is 16.5. The van der Waals surface area contributed by atoms with Crippen LogP contribution in [-0.2, 0) is 4.74 Å². The van der Waals surface area contributed by atoms with E-state index in [1.54, 1.807) is 12.3 Å². The zero-order valence-corrected chi connectivity index (χ0v) is 9.72. The van der Waals surface area contributed by atoms with E-state index >= 15 is 0 Å². The quantitative estimate of drug-likeness (QED) is 0.840. The van der Waals surface area contributed by atoms with Crippen LogP contribution in [0.1, 0.15) is 35.1 Å². The number of aromatic carboxylic acids is 1. The van der Waals surface area contributed by atoms with Gasteiger partial charge in [0.25, 0.3) is 0 Å². The van der Waals surface area contributed by atoms with Gasteiger partial charge in [-0.1, -0.05) is 0 Å².